The van der Waals surface area contributed by atoms with Crippen molar-refractivity contribution in [3.8, 4) is 0 Å². The van der Waals surface area contributed by atoms with Crippen LogP contribution in [0.1, 0.15) is 19.3 Å². The van der Waals surface area contributed by atoms with E-state index in [1.54, 1.807) is 6.82 Å². The molecule has 1 fully saturated rings. The largest absolute Gasteiger partial charge is 0.437 e. The average Bonchev–Trinajstić information content (AvgIpc) is 2.34. The fraction of sp³-hybridized carbons (Fsp3) is 1.00. The predicted octanol–water partition coefficient (Wildman–Crippen LogP) is -0.153. The summed E-state index contributed by atoms with van der Waals surface area (Å²) in [4.78, 5) is 0. The predicted molar refractivity (Wildman–Crippen MR) is 45.2 cm³/mol. The van der Waals surface area contributed by atoms with Crippen LogP contribution >= 0.6 is 0 Å². The van der Waals surface area contributed by atoms with E-state index in [4.69, 9.17) is 10.1 Å². The van der Waals surface area contributed by atoms with Crippen LogP contribution in [0.3, 0.4) is 0 Å². The molecule has 0 unspecified atom stereocenters. The highest BCUT2D eigenvalue weighted by atomic mass is 16.3. The number of rotatable bonds is 3. The third-order valence-electron chi connectivity index (χ3n) is 2.28. The number of nitrogens with one attached hydrogen (secondary N) is 1. The van der Waals surface area contributed by atoms with E-state index >= 15 is 0 Å². The molecular weight excluding hydrogens is 141 g/mol. The maximum Gasteiger partial charge on any atom is 0.373 e. The summed E-state index contributed by atoms with van der Waals surface area (Å²) in [7, 11) is -0.419. The minimum atomic E-state index is -0.419. The lowest BCUT2D eigenvalue weighted by atomic mass is 9.87. The van der Waals surface area contributed by atoms with Gasteiger partial charge in [0.15, 0.2) is 0 Å². The molecule has 1 aliphatic rings. The Hall–Kier alpha value is -0.0551. The minimum absolute atomic E-state index is 0.290. The van der Waals surface area contributed by atoms with Gasteiger partial charge < -0.3 is 15.4 Å². The quantitative estimate of drug-likeness (QED) is 0.499. The number of aliphatic hydroxyl groups excluding tert-OH is 1. The molecule has 1 saturated carbocycles. The molecule has 3 N–H and O–H groups in total. The Morgan fingerprint density at radius 2 is 2.27 bits per heavy atom. The van der Waals surface area contributed by atoms with Gasteiger partial charge in [-0.2, -0.15) is 0 Å². The van der Waals surface area contributed by atoms with Gasteiger partial charge in [0, 0.05) is 6.61 Å². The van der Waals surface area contributed by atoms with E-state index in [-0.39, 0.29) is 6.61 Å². The van der Waals surface area contributed by atoms with Crippen molar-refractivity contribution >= 4 is 7.05 Å². The van der Waals surface area contributed by atoms with Crippen LogP contribution in [-0.4, -0.2) is 29.8 Å². The van der Waals surface area contributed by atoms with Crippen molar-refractivity contribution in [2.75, 3.05) is 6.61 Å². The summed E-state index contributed by atoms with van der Waals surface area (Å²) in [5, 5.41) is 20.9. The van der Waals surface area contributed by atoms with E-state index < -0.39 is 7.05 Å². The minimum Gasteiger partial charge on any atom is -0.437 e. The third kappa shape index (κ3) is 2.81. The van der Waals surface area contributed by atoms with Gasteiger partial charge in [-0.3, -0.25) is 0 Å². The average molecular weight is 157 g/mol. The molecule has 4 heteroatoms. The zero-order chi connectivity index (χ0) is 8.27. The lowest BCUT2D eigenvalue weighted by Gasteiger charge is -2.12. The summed E-state index contributed by atoms with van der Waals surface area (Å²) in [6, 6.07) is 0.409. The van der Waals surface area contributed by atoms with Gasteiger partial charge >= 0.3 is 7.05 Å². The topological polar surface area (TPSA) is 52.5 Å². The molecule has 3 nitrogen and oxygen atoms in total. The van der Waals surface area contributed by atoms with Gasteiger partial charge in [-0.15, -0.1) is 0 Å². The lowest BCUT2D eigenvalue weighted by Crippen LogP contribution is -2.38. The fourth-order valence-electron chi connectivity index (χ4n) is 1.73. The molecule has 2 atom stereocenters. The summed E-state index contributed by atoms with van der Waals surface area (Å²) >= 11 is 0. The van der Waals surface area contributed by atoms with Gasteiger partial charge in [0.2, 0.25) is 0 Å². The van der Waals surface area contributed by atoms with Crippen molar-refractivity contribution in [3.05, 3.63) is 0 Å². The Balaban J connectivity index is 2.19. The highest BCUT2D eigenvalue weighted by Crippen LogP contribution is 2.24. The Morgan fingerprint density at radius 1 is 1.55 bits per heavy atom. The maximum absolute atomic E-state index is 9.00. The molecule has 0 saturated heterocycles. The van der Waals surface area contributed by atoms with Crippen LogP contribution in [0.15, 0.2) is 0 Å². The number of hydrogen-bond donors (Lipinski definition) is 3. The van der Waals surface area contributed by atoms with Crippen LogP contribution in [-0.2, 0) is 0 Å². The Kier molecular flexibility index (Phi) is 3.36. The van der Waals surface area contributed by atoms with E-state index in [9.17, 15) is 0 Å². The first-order valence-electron chi connectivity index (χ1n) is 4.27. The summed E-state index contributed by atoms with van der Waals surface area (Å²) in [6.45, 7) is 2.02. The molecule has 0 bridgehead atoms. The highest BCUT2D eigenvalue weighted by molar-refractivity contribution is 6.45. The van der Waals surface area contributed by atoms with E-state index in [2.05, 4.69) is 5.23 Å². The fourth-order valence-corrected chi connectivity index (χ4v) is 1.73. The Bertz CT molecular complexity index is 121. The molecule has 0 aromatic rings. The van der Waals surface area contributed by atoms with Crippen LogP contribution in [0.2, 0.25) is 6.82 Å². The van der Waals surface area contributed by atoms with Gasteiger partial charge in [-0.25, -0.2) is 0 Å². The van der Waals surface area contributed by atoms with Crippen molar-refractivity contribution in [3.63, 3.8) is 0 Å². The molecule has 1 rings (SSSR count). The molecular formula is C7H16BNO2. The van der Waals surface area contributed by atoms with Crippen LogP contribution < -0.4 is 5.23 Å². The van der Waals surface area contributed by atoms with E-state index in [1.807, 2.05) is 0 Å². The SMILES string of the molecule is CB(O)N[C@@H]1CC[C@H](CO)C1. The smallest absolute Gasteiger partial charge is 0.373 e. The highest BCUT2D eigenvalue weighted by Gasteiger charge is 2.24. The monoisotopic (exact) mass is 157 g/mol. The molecule has 0 amide bonds. The van der Waals surface area contributed by atoms with Gasteiger partial charge in [0.1, 0.15) is 0 Å². The first-order chi connectivity index (χ1) is 5.22. The summed E-state index contributed by atoms with van der Waals surface area (Å²) in [5.74, 6) is 0.450. The zero-order valence-corrected chi connectivity index (χ0v) is 6.95. The lowest BCUT2D eigenvalue weighted by molar-refractivity contribution is 0.228. The molecule has 0 aliphatic heterocycles. The number of aliphatic hydroxyl groups is 1. The van der Waals surface area contributed by atoms with Gasteiger partial charge in [-0.1, -0.05) is 0 Å². The summed E-state index contributed by atoms with van der Waals surface area (Å²) in [6.07, 6.45) is 3.17. The molecule has 0 aromatic heterocycles. The second kappa shape index (κ2) is 4.09. The standard InChI is InChI=1S/C7H16BNO2/c1-8(11)9-7-3-2-6(4-7)5-10/h6-7,9-11H,2-5H2,1H3/t6-,7+/m0/s1. The van der Waals surface area contributed by atoms with E-state index in [0.29, 0.717) is 12.0 Å². The molecule has 1 aliphatic carbocycles. The van der Waals surface area contributed by atoms with Crippen LogP contribution in [0, 0.1) is 5.92 Å². The van der Waals surface area contributed by atoms with Crippen LogP contribution in [0.5, 0.6) is 0 Å². The van der Waals surface area contributed by atoms with Crippen molar-refractivity contribution in [1.29, 1.82) is 0 Å². The maximum atomic E-state index is 9.00. The molecule has 0 heterocycles. The van der Waals surface area contributed by atoms with Crippen molar-refractivity contribution in [1.82, 2.24) is 5.23 Å². The molecule has 64 valence electrons. The van der Waals surface area contributed by atoms with Crippen molar-refractivity contribution in [2.24, 2.45) is 5.92 Å². The van der Waals surface area contributed by atoms with Gasteiger partial charge in [-0.05, 0) is 38.0 Å². The van der Waals surface area contributed by atoms with Gasteiger partial charge in [0.25, 0.3) is 0 Å². The van der Waals surface area contributed by atoms with E-state index in [0.717, 1.165) is 19.3 Å². The zero-order valence-electron chi connectivity index (χ0n) is 6.95. The normalized spacial score (nSPS) is 30.8. The van der Waals surface area contributed by atoms with E-state index in [1.165, 1.54) is 0 Å². The number of hydrogen-bond acceptors (Lipinski definition) is 3. The van der Waals surface area contributed by atoms with Crippen molar-refractivity contribution < 1.29 is 10.1 Å². The van der Waals surface area contributed by atoms with Crippen LogP contribution in [0.4, 0.5) is 0 Å². The Labute approximate surface area is 67.9 Å². The molecule has 0 spiro atoms. The molecule has 11 heavy (non-hydrogen) atoms. The summed E-state index contributed by atoms with van der Waals surface area (Å²) < 4.78 is 0. The third-order valence-corrected chi connectivity index (χ3v) is 2.28. The molecule has 0 aromatic carbocycles. The van der Waals surface area contributed by atoms with Crippen LogP contribution in [0.25, 0.3) is 0 Å². The van der Waals surface area contributed by atoms with Crippen molar-refractivity contribution in [2.45, 2.75) is 32.1 Å². The Morgan fingerprint density at radius 3 is 2.73 bits per heavy atom. The van der Waals surface area contributed by atoms with Gasteiger partial charge in [0.05, 0.1) is 0 Å². The molecule has 0 radical (unpaired) electrons. The first-order valence-corrected chi connectivity index (χ1v) is 4.27. The second-order valence-electron chi connectivity index (χ2n) is 3.40. The first kappa shape index (κ1) is 9.04. The summed E-state index contributed by atoms with van der Waals surface area (Å²) in [5.41, 5.74) is 0. The second-order valence-corrected chi connectivity index (χ2v) is 3.40.